The zero-order chi connectivity index (χ0) is 15.6. The van der Waals surface area contributed by atoms with E-state index in [0.717, 1.165) is 4.31 Å². The normalized spacial score (nSPS) is 19.5. The van der Waals surface area contributed by atoms with Crippen molar-refractivity contribution in [3.8, 4) is 5.75 Å². The molecule has 1 aromatic rings. The summed E-state index contributed by atoms with van der Waals surface area (Å²) in [5.41, 5.74) is 0. The van der Waals surface area contributed by atoms with Crippen LogP contribution in [0.5, 0.6) is 5.75 Å². The van der Waals surface area contributed by atoms with Crippen LogP contribution in [-0.4, -0.2) is 50.4 Å². The molecule has 0 unspecified atom stereocenters. The highest BCUT2D eigenvalue weighted by Gasteiger charge is 2.42. The van der Waals surface area contributed by atoms with Crippen LogP contribution in [0.15, 0.2) is 29.2 Å². The lowest BCUT2D eigenvalue weighted by molar-refractivity contribution is -0.144. The summed E-state index contributed by atoms with van der Waals surface area (Å²) in [6.45, 7) is 0.0451. The second kappa shape index (κ2) is 6.08. The van der Waals surface area contributed by atoms with Gasteiger partial charge in [0, 0.05) is 17.8 Å². The number of benzene rings is 1. The standard InChI is InChI=1S/C13H15NO5S2/c1-18-9-3-5-11(6-4-9)21(16,17)14-8-10(20)7-12(14)13(15)19-2/h3-6,12H,7-8H2,1-2H3/t12-/m1/s1. The van der Waals surface area contributed by atoms with Gasteiger partial charge >= 0.3 is 5.97 Å². The summed E-state index contributed by atoms with van der Waals surface area (Å²) in [6, 6.07) is 5.07. The number of rotatable bonds is 4. The van der Waals surface area contributed by atoms with E-state index in [1.165, 1.54) is 26.4 Å². The Bertz CT molecular complexity index is 654. The molecule has 1 aromatic carbocycles. The molecule has 8 heteroatoms. The molecule has 0 bridgehead atoms. The lowest BCUT2D eigenvalue weighted by Gasteiger charge is -2.21. The molecular weight excluding hydrogens is 314 g/mol. The van der Waals surface area contributed by atoms with Gasteiger partial charge in [-0.05, 0) is 24.3 Å². The Morgan fingerprint density at radius 3 is 2.43 bits per heavy atom. The molecule has 1 aliphatic rings. The Morgan fingerprint density at radius 2 is 1.90 bits per heavy atom. The van der Waals surface area contributed by atoms with E-state index in [2.05, 4.69) is 4.74 Å². The van der Waals surface area contributed by atoms with Gasteiger partial charge in [0.1, 0.15) is 11.8 Å². The van der Waals surface area contributed by atoms with E-state index in [1.54, 1.807) is 12.1 Å². The van der Waals surface area contributed by atoms with E-state index in [-0.39, 0.29) is 17.9 Å². The van der Waals surface area contributed by atoms with Crippen molar-refractivity contribution in [2.75, 3.05) is 20.8 Å². The summed E-state index contributed by atoms with van der Waals surface area (Å²) >= 11 is 5.06. The number of nitrogens with zero attached hydrogens (tertiary/aromatic N) is 1. The van der Waals surface area contributed by atoms with E-state index in [4.69, 9.17) is 17.0 Å². The maximum absolute atomic E-state index is 12.6. The van der Waals surface area contributed by atoms with Crippen LogP contribution in [0.2, 0.25) is 0 Å². The third kappa shape index (κ3) is 3.07. The van der Waals surface area contributed by atoms with E-state index >= 15 is 0 Å². The second-order valence-electron chi connectivity index (χ2n) is 4.51. The first-order valence-electron chi connectivity index (χ1n) is 6.15. The molecule has 0 saturated carbocycles. The Morgan fingerprint density at radius 1 is 1.29 bits per heavy atom. The van der Waals surface area contributed by atoms with E-state index < -0.39 is 22.0 Å². The highest BCUT2D eigenvalue weighted by molar-refractivity contribution is 7.89. The smallest absolute Gasteiger partial charge is 0.324 e. The Hall–Kier alpha value is -1.51. The molecule has 1 saturated heterocycles. The average molecular weight is 329 g/mol. The summed E-state index contributed by atoms with van der Waals surface area (Å²) in [5.74, 6) is -0.0534. The Labute approximate surface area is 128 Å². The fourth-order valence-electron chi connectivity index (χ4n) is 2.14. The molecule has 1 heterocycles. The van der Waals surface area contributed by atoms with Crippen LogP contribution in [0.3, 0.4) is 0 Å². The van der Waals surface area contributed by atoms with Gasteiger partial charge in [0.25, 0.3) is 0 Å². The van der Waals surface area contributed by atoms with Crippen molar-refractivity contribution < 1.29 is 22.7 Å². The maximum atomic E-state index is 12.6. The van der Waals surface area contributed by atoms with Crippen LogP contribution >= 0.6 is 12.2 Å². The molecular formula is C13H15NO5S2. The number of esters is 1. The molecule has 0 radical (unpaired) electrons. The second-order valence-corrected chi connectivity index (χ2v) is 6.98. The number of carbonyl (C=O) groups is 1. The third-order valence-electron chi connectivity index (χ3n) is 3.24. The van der Waals surface area contributed by atoms with Crippen molar-refractivity contribution >= 4 is 33.1 Å². The molecule has 0 N–H and O–H groups in total. The maximum Gasteiger partial charge on any atom is 0.324 e. The number of hydrogen-bond acceptors (Lipinski definition) is 6. The molecule has 21 heavy (non-hydrogen) atoms. The Kier molecular flexibility index (Phi) is 4.60. The van der Waals surface area contributed by atoms with Crippen molar-refractivity contribution in [3.63, 3.8) is 0 Å². The monoisotopic (exact) mass is 329 g/mol. The zero-order valence-corrected chi connectivity index (χ0v) is 13.2. The molecule has 0 aliphatic carbocycles. The van der Waals surface area contributed by atoms with Gasteiger partial charge in [-0.2, -0.15) is 4.31 Å². The number of methoxy groups -OCH3 is 2. The predicted molar refractivity (Wildman–Crippen MR) is 79.9 cm³/mol. The van der Waals surface area contributed by atoms with Crippen LogP contribution in [0.1, 0.15) is 6.42 Å². The summed E-state index contributed by atoms with van der Waals surface area (Å²) in [5, 5.41) is 0. The van der Waals surface area contributed by atoms with E-state index in [0.29, 0.717) is 10.6 Å². The van der Waals surface area contributed by atoms with E-state index in [1.807, 2.05) is 0 Å². The number of hydrogen-bond donors (Lipinski definition) is 0. The molecule has 0 spiro atoms. The topological polar surface area (TPSA) is 72.9 Å². The predicted octanol–water partition coefficient (Wildman–Crippen LogP) is 1.00. The van der Waals surface area contributed by atoms with Gasteiger partial charge in [-0.1, -0.05) is 12.2 Å². The van der Waals surface area contributed by atoms with Gasteiger partial charge in [0.2, 0.25) is 10.0 Å². The third-order valence-corrected chi connectivity index (χ3v) is 5.40. The summed E-state index contributed by atoms with van der Waals surface area (Å²) in [7, 11) is -1.09. The zero-order valence-electron chi connectivity index (χ0n) is 11.6. The van der Waals surface area contributed by atoms with Gasteiger partial charge in [-0.3, -0.25) is 4.79 Å². The van der Waals surface area contributed by atoms with Gasteiger partial charge in [-0.25, -0.2) is 8.42 Å². The summed E-state index contributed by atoms with van der Waals surface area (Å²) < 4.78 is 36.0. The average Bonchev–Trinajstić information content (AvgIpc) is 2.89. The first-order chi connectivity index (χ1) is 9.90. The number of sulfonamides is 1. The number of carbonyl (C=O) groups excluding carboxylic acids is 1. The van der Waals surface area contributed by atoms with E-state index in [9.17, 15) is 13.2 Å². The van der Waals surface area contributed by atoms with Crippen LogP contribution in [0.4, 0.5) is 0 Å². The first-order valence-corrected chi connectivity index (χ1v) is 8.00. The lowest BCUT2D eigenvalue weighted by Crippen LogP contribution is -2.41. The van der Waals surface area contributed by atoms with Crippen molar-refractivity contribution in [2.24, 2.45) is 0 Å². The highest BCUT2D eigenvalue weighted by Crippen LogP contribution is 2.27. The molecule has 6 nitrogen and oxygen atoms in total. The highest BCUT2D eigenvalue weighted by atomic mass is 32.2. The Balaban J connectivity index is 2.36. The van der Waals surface area contributed by atoms with Crippen molar-refractivity contribution in [1.29, 1.82) is 0 Å². The fraction of sp³-hybridized carbons (Fsp3) is 0.385. The lowest BCUT2D eigenvalue weighted by atomic mass is 10.2. The molecule has 1 aliphatic heterocycles. The minimum Gasteiger partial charge on any atom is -0.497 e. The van der Waals surface area contributed by atoms with Crippen LogP contribution in [0.25, 0.3) is 0 Å². The first kappa shape index (κ1) is 15.9. The number of thiocarbonyl (C=S) groups is 1. The molecule has 2 rings (SSSR count). The minimum atomic E-state index is -3.81. The van der Waals surface area contributed by atoms with Gasteiger partial charge in [-0.15, -0.1) is 0 Å². The minimum absolute atomic E-state index is 0.0451. The largest absolute Gasteiger partial charge is 0.497 e. The van der Waals surface area contributed by atoms with Crippen LogP contribution in [0, 0.1) is 0 Å². The van der Waals surface area contributed by atoms with Gasteiger partial charge < -0.3 is 9.47 Å². The van der Waals surface area contributed by atoms with Crippen LogP contribution in [-0.2, 0) is 19.6 Å². The van der Waals surface area contributed by atoms with Crippen LogP contribution < -0.4 is 4.74 Å². The van der Waals surface area contributed by atoms with Crippen molar-refractivity contribution in [2.45, 2.75) is 17.4 Å². The molecule has 1 fully saturated rings. The van der Waals surface area contributed by atoms with Crippen molar-refractivity contribution in [1.82, 2.24) is 4.31 Å². The van der Waals surface area contributed by atoms with Gasteiger partial charge in [0.05, 0.1) is 19.1 Å². The molecule has 0 amide bonds. The quantitative estimate of drug-likeness (QED) is 0.606. The van der Waals surface area contributed by atoms with Crippen molar-refractivity contribution in [3.05, 3.63) is 24.3 Å². The summed E-state index contributed by atoms with van der Waals surface area (Å²) in [4.78, 5) is 12.3. The molecule has 114 valence electrons. The molecule has 0 aromatic heterocycles. The fourth-order valence-corrected chi connectivity index (χ4v) is 4.09. The SMILES string of the molecule is COC(=O)[C@H]1CC(=S)CN1S(=O)(=O)c1ccc(OC)cc1. The number of ether oxygens (including phenoxy) is 2. The summed E-state index contributed by atoms with van der Waals surface area (Å²) in [6.07, 6.45) is 0.206. The molecule has 1 atom stereocenters. The van der Waals surface area contributed by atoms with Gasteiger partial charge in [0.15, 0.2) is 0 Å².